The molecule has 0 radical (unpaired) electrons. The second-order valence-corrected chi connectivity index (χ2v) is 6.24. The Labute approximate surface area is 130 Å². The Morgan fingerprint density at radius 1 is 1.23 bits per heavy atom. The van der Waals surface area contributed by atoms with Gasteiger partial charge in [0.2, 0.25) is 5.91 Å². The predicted octanol–water partition coefficient (Wildman–Crippen LogP) is 2.77. The zero-order valence-corrected chi connectivity index (χ0v) is 12.4. The number of nitrogens with zero attached hydrogens (tertiary/aromatic N) is 2. The van der Waals surface area contributed by atoms with Gasteiger partial charge in [-0.15, -0.1) is 0 Å². The Balaban J connectivity index is 1.44. The van der Waals surface area contributed by atoms with Gasteiger partial charge in [-0.2, -0.15) is 0 Å². The lowest BCUT2D eigenvalue weighted by atomic mass is 9.92. The first kappa shape index (κ1) is 13.4. The molecule has 1 amide bonds. The molecular weight excluding hydrogens is 274 g/mol. The first-order valence-electron chi connectivity index (χ1n) is 7.97. The Morgan fingerprint density at radius 3 is 2.95 bits per heavy atom. The van der Waals surface area contributed by atoms with Crippen LogP contribution < -0.4 is 5.32 Å². The summed E-state index contributed by atoms with van der Waals surface area (Å²) in [5.41, 5.74) is 3.45. The number of aryl methyl sites for hydroxylation is 1. The van der Waals surface area contributed by atoms with E-state index in [0.29, 0.717) is 5.92 Å². The minimum absolute atomic E-state index is 0.0782. The van der Waals surface area contributed by atoms with E-state index in [1.807, 2.05) is 24.4 Å². The number of amides is 1. The molecule has 0 saturated heterocycles. The van der Waals surface area contributed by atoms with E-state index in [-0.39, 0.29) is 17.9 Å². The van der Waals surface area contributed by atoms with Gasteiger partial charge in [0.05, 0.1) is 6.04 Å². The van der Waals surface area contributed by atoms with Crippen molar-refractivity contribution in [3.8, 4) is 0 Å². The number of hydrogen-bond donors (Lipinski definition) is 1. The largest absolute Gasteiger partial charge is 0.349 e. The summed E-state index contributed by atoms with van der Waals surface area (Å²) in [5.74, 6) is 0.684. The van der Waals surface area contributed by atoms with E-state index in [0.717, 1.165) is 36.9 Å². The van der Waals surface area contributed by atoms with E-state index in [2.05, 4.69) is 27.4 Å². The molecule has 1 aromatic heterocycles. The first-order valence-corrected chi connectivity index (χ1v) is 7.97. The van der Waals surface area contributed by atoms with Crippen molar-refractivity contribution < 1.29 is 4.79 Å². The lowest BCUT2D eigenvalue weighted by molar-refractivity contribution is -0.123. The normalized spacial score (nSPS) is 26.1. The lowest BCUT2D eigenvalue weighted by Crippen LogP contribution is -2.32. The topological polar surface area (TPSA) is 54.9 Å². The molecule has 1 saturated carbocycles. The molecule has 22 heavy (non-hydrogen) atoms. The maximum Gasteiger partial charge on any atom is 0.224 e. The molecule has 1 N–H and O–H groups in total. The van der Waals surface area contributed by atoms with Crippen molar-refractivity contribution in [2.75, 3.05) is 0 Å². The molecule has 0 spiro atoms. The molecule has 4 nitrogen and oxygen atoms in total. The quantitative estimate of drug-likeness (QED) is 0.946. The average Bonchev–Trinajstić information content (AvgIpc) is 3.37. The molecule has 112 valence electrons. The van der Waals surface area contributed by atoms with Gasteiger partial charge in [-0.05, 0) is 37.2 Å². The van der Waals surface area contributed by atoms with Crippen LogP contribution in [0.1, 0.15) is 48.0 Å². The average molecular weight is 293 g/mol. The smallest absolute Gasteiger partial charge is 0.224 e. The lowest BCUT2D eigenvalue weighted by Gasteiger charge is -2.25. The molecule has 3 unspecified atom stereocenters. The highest BCUT2D eigenvalue weighted by molar-refractivity contribution is 5.83. The molecule has 1 aromatic carbocycles. The maximum absolute atomic E-state index is 12.5. The second-order valence-electron chi connectivity index (χ2n) is 6.24. The molecular formula is C18H19N3O. The van der Waals surface area contributed by atoms with E-state index in [1.165, 1.54) is 5.56 Å². The molecule has 1 fully saturated rings. The van der Waals surface area contributed by atoms with Crippen molar-refractivity contribution in [3.05, 3.63) is 59.7 Å². The molecule has 2 aliphatic carbocycles. The van der Waals surface area contributed by atoms with Crippen LogP contribution in [0.3, 0.4) is 0 Å². The molecule has 3 atom stereocenters. The highest BCUT2D eigenvalue weighted by Gasteiger charge is 2.44. The standard InChI is InChI=1S/C18H19N3O/c22-18(14-9-13(14)12-5-2-1-3-6-12)21-17-8-4-7-16-15(17)10-19-11-20-16/h1-3,5-6,10-11,13-14,17H,4,7-9H2,(H,21,22). The Bertz CT molecular complexity index is 686. The fourth-order valence-corrected chi connectivity index (χ4v) is 3.48. The van der Waals surface area contributed by atoms with Crippen LogP contribution in [0.2, 0.25) is 0 Å². The van der Waals surface area contributed by atoms with Crippen molar-refractivity contribution in [2.24, 2.45) is 5.92 Å². The molecule has 2 aliphatic rings. The number of carbonyl (C=O) groups excluding carboxylic acids is 1. The van der Waals surface area contributed by atoms with Gasteiger partial charge >= 0.3 is 0 Å². The van der Waals surface area contributed by atoms with Crippen LogP contribution in [-0.4, -0.2) is 15.9 Å². The van der Waals surface area contributed by atoms with Gasteiger partial charge < -0.3 is 5.32 Å². The molecule has 2 aromatic rings. The van der Waals surface area contributed by atoms with Crippen LogP contribution in [0.15, 0.2) is 42.9 Å². The van der Waals surface area contributed by atoms with Crippen molar-refractivity contribution in [2.45, 2.75) is 37.6 Å². The zero-order valence-electron chi connectivity index (χ0n) is 12.4. The summed E-state index contributed by atoms with van der Waals surface area (Å²) in [6, 6.07) is 10.4. The van der Waals surface area contributed by atoms with E-state index in [9.17, 15) is 4.79 Å². The SMILES string of the molecule is O=C(NC1CCCc2ncncc21)C1CC1c1ccccc1. The summed E-state index contributed by atoms with van der Waals surface area (Å²) < 4.78 is 0. The van der Waals surface area contributed by atoms with E-state index in [1.54, 1.807) is 6.33 Å². The third-order valence-corrected chi connectivity index (χ3v) is 4.78. The van der Waals surface area contributed by atoms with Crippen LogP contribution >= 0.6 is 0 Å². The summed E-state index contributed by atoms with van der Waals surface area (Å²) in [6.07, 6.45) is 7.45. The van der Waals surface area contributed by atoms with Crippen LogP contribution in [0.25, 0.3) is 0 Å². The van der Waals surface area contributed by atoms with Crippen molar-refractivity contribution in [3.63, 3.8) is 0 Å². The van der Waals surface area contributed by atoms with Crippen LogP contribution in [0, 0.1) is 5.92 Å². The number of rotatable bonds is 3. The zero-order chi connectivity index (χ0) is 14.9. The Kier molecular flexibility index (Phi) is 3.37. The summed E-state index contributed by atoms with van der Waals surface area (Å²) in [7, 11) is 0. The van der Waals surface area contributed by atoms with E-state index >= 15 is 0 Å². The highest BCUT2D eigenvalue weighted by Crippen LogP contribution is 2.47. The van der Waals surface area contributed by atoms with Gasteiger partial charge in [0.25, 0.3) is 0 Å². The number of aromatic nitrogens is 2. The Hall–Kier alpha value is -2.23. The minimum Gasteiger partial charge on any atom is -0.349 e. The number of benzene rings is 1. The highest BCUT2D eigenvalue weighted by atomic mass is 16.2. The fourth-order valence-electron chi connectivity index (χ4n) is 3.48. The van der Waals surface area contributed by atoms with Gasteiger partial charge in [-0.25, -0.2) is 9.97 Å². The van der Waals surface area contributed by atoms with Crippen molar-refractivity contribution in [1.82, 2.24) is 15.3 Å². The minimum atomic E-state index is 0.0782. The number of nitrogens with one attached hydrogen (secondary N) is 1. The van der Waals surface area contributed by atoms with Crippen molar-refractivity contribution in [1.29, 1.82) is 0 Å². The second kappa shape index (κ2) is 5.52. The van der Waals surface area contributed by atoms with Gasteiger partial charge in [0.15, 0.2) is 0 Å². The summed E-state index contributed by atoms with van der Waals surface area (Å²) in [4.78, 5) is 21.0. The van der Waals surface area contributed by atoms with E-state index < -0.39 is 0 Å². The molecule has 0 aliphatic heterocycles. The van der Waals surface area contributed by atoms with Crippen LogP contribution in [-0.2, 0) is 11.2 Å². The van der Waals surface area contributed by atoms with Gasteiger partial charge in [-0.1, -0.05) is 30.3 Å². The predicted molar refractivity (Wildman–Crippen MR) is 83.1 cm³/mol. The molecule has 4 rings (SSSR count). The van der Waals surface area contributed by atoms with Crippen LogP contribution in [0.4, 0.5) is 0 Å². The monoisotopic (exact) mass is 293 g/mol. The number of hydrogen-bond acceptors (Lipinski definition) is 3. The fraction of sp³-hybridized carbons (Fsp3) is 0.389. The third-order valence-electron chi connectivity index (χ3n) is 4.78. The molecule has 0 bridgehead atoms. The molecule has 1 heterocycles. The summed E-state index contributed by atoms with van der Waals surface area (Å²) in [6.45, 7) is 0. The van der Waals surface area contributed by atoms with Gasteiger partial charge in [0, 0.05) is 23.4 Å². The Morgan fingerprint density at radius 2 is 2.09 bits per heavy atom. The number of carbonyl (C=O) groups is 1. The summed E-state index contributed by atoms with van der Waals surface area (Å²) >= 11 is 0. The maximum atomic E-state index is 12.5. The number of fused-ring (bicyclic) bond motifs is 1. The van der Waals surface area contributed by atoms with Gasteiger partial charge in [0.1, 0.15) is 6.33 Å². The van der Waals surface area contributed by atoms with Crippen molar-refractivity contribution >= 4 is 5.91 Å². The summed E-state index contributed by atoms with van der Waals surface area (Å²) in [5, 5.41) is 3.22. The molecule has 4 heteroatoms. The van der Waals surface area contributed by atoms with E-state index in [4.69, 9.17) is 0 Å². The third kappa shape index (κ3) is 2.49. The van der Waals surface area contributed by atoms with Crippen LogP contribution in [0.5, 0.6) is 0 Å². The first-order chi connectivity index (χ1) is 10.8. The van der Waals surface area contributed by atoms with Gasteiger partial charge in [-0.3, -0.25) is 4.79 Å².